The molecule has 2 rings (SSSR count). The van der Waals surface area contributed by atoms with Crippen LogP contribution in [0.4, 0.5) is 5.82 Å². The summed E-state index contributed by atoms with van der Waals surface area (Å²) in [7, 11) is -2.94. The Bertz CT molecular complexity index is 547. The molecule has 0 radical (unpaired) electrons. The minimum Gasteiger partial charge on any atom is -0.383 e. The van der Waals surface area contributed by atoms with E-state index in [4.69, 9.17) is 5.73 Å². The van der Waals surface area contributed by atoms with E-state index in [0.29, 0.717) is 17.9 Å². The van der Waals surface area contributed by atoms with Crippen molar-refractivity contribution in [3.63, 3.8) is 0 Å². The second-order valence-corrected chi connectivity index (χ2v) is 6.72. The van der Waals surface area contributed by atoms with Crippen LogP contribution in [0.1, 0.15) is 23.3 Å². The maximum Gasteiger partial charge on any atom is 0.249 e. The predicted molar refractivity (Wildman–Crippen MR) is 63.4 cm³/mol. The number of nitrogens with two attached hydrogens (primary N) is 1. The Morgan fingerprint density at radius 1 is 1.65 bits per heavy atom. The van der Waals surface area contributed by atoms with Crippen LogP contribution >= 0.6 is 0 Å². The summed E-state index contributed by atoms with van der Waals surface area (Å²) in [4.78, 5) is 11.9. The van der Waals surface area contributed by atoms with Gasteiger partial charge in [-0.1, -0.05) is 0 Å². The summed E-state index contributed by atoms with van der Waals surface area (Å²) in [5.74, 6) is 0.236. The van der Waals surface area contributed by atoms with Gasteiger partial charge in [-0.2, -0.15) is 9.78 Å². The van der Waals surface area contributed by atoms with Gasteiger partial charge < -0.3 is 5.73 Å². The number of hydrogen-bond donors (Lipinski definition) is 1. The van der Waals surface area contributed by atoms with E-state index in [9.17, 15) is 13.2 Å². The highest BCUT2D eigenvalue weighted by Gasteiger charge is 2.30. The lowest BCUT2D eigenvalue weighted by Gasteiger charge is -2.07. The molecule has 0 aromatic carbocycles. The highest BCUT2D eigenvalue weighted by atomic mass is 32.2. The Morgan fingerprint density at radius 2 is 2.35 bits per heavy atom. The van der Waals surface area contributed by atoms with Gasteiger partial charge in [0.1, 0.15) is 5.82 Å². The van der Waals surface area contributed by atoms with Gasteiger partial charge in [-0.25, -0.2) is 8.42 Å². The van der Waals surface area contributed by atoms with Crippen LogP contribution in [0, 0.1) is 12.8 Å². The second-order valence-electron chi connectivity index (χ2n) is 4.49. The number of aromatic nitrogens is 2. The van der Waals surface area contributed by atoms with Crippen LogP contribution in [0.25, 0.3) is 0 Å². The first kappa shape index (κ1) is 12.1. The fourth-order valence-electron chi connectivity index (χ4n) is 2.09. The number of aryl methyl sites for hydroxylation is 1. The van der Waals surface area contributed by atoms with Gasteiger partial charge in [0.25, 0.3) is 0 Å². The summed E-state index contributed by atoms with van der Waals surface area (Å²) in [6.07, 6.45) is 0.735. The maximum absolute atomic E-state index is 11.9. The molecule has 0 aliphatic carbocycles. The SMILES string of the molecule is Cc1cc(N)n(C(=O)CC2CCS(=O)(=O)C2)n1. The number of anilines is 1. The van der Waals surface area contributed by atoms with Gasteiger partial charge in [-0.3, -0.25) is 4.79 Å². The molecule has 1 aromatic rings. The first-order valence-corrected chi connectivity index (χ1v) is 7.25. The number of nitrogens with zero attached hydrogens (tertiary/aromatic N) is 2. The summed E-state index contributed by atoms with van der Waals surface area (Å²) in [5, 5.41) is 3.98. The number of nitrogen functional groups attached to an aromatic ring is 1. The van der Waals surface area contributed by atoms with Crippen LogP contribution in [-0.2, 0) is 9.84 Å². The number of hydrogen-bond acceptors (Lipinski definition) is 5. The summed E-state index contributed by atoms with van der Waals surface area (Å²) < 4.78 is 23.7. The van der Waals surface area contributed by atoms with E-state index >= 15 is 0 Å². The predicted octanol–water partition coefficient (Wildman–Crippen LogP) is 0.239. The van der Waals surface area contributed by atoms with Gasteiger partial charge in [-0.15, -0.1) is 0 Å². The van der Waals surface area contributed by atoms with E-state index in [1.807, 2.05) is 0 Å². The van der Waals surface area contributed by atoms with E-state index < -0.39 is 9.84 Å². The summed E-state index contributed by atoms with van der Waals surface area (Å²) in [5.41, 5.74) is 6.31. The number of carbonyl (C=O) groups is 1. The lowest BCUT2D eigenvalue weighted by molar-refractivity contribution is 0.0871. The Morgan fingerprint density at radius 3 is 2.82 bits per heavy atom. The van der Waals surface area contributed by atoms with Crippen LogP contribution in [0.15, 0.2) is 6.07 Å². The van der Waals surface area contributed by atoms with Gasteiger partial charge >= 0.3 is 0 Å². The Balaban J connectivity index is 2.06. The largest absolute Gasteiger partial charge is 0.383 e. The lowest BCUT2D eigenvalue weighted by atomic mass is 10.1. The molecule has 1 saturated heterocycles. The molecule has 2 heterocycles. The zero-order chi connectivity index (χ0) is 12.6. The normalized spacial score (nSPS) is 22.8. The molecule has 0 bridgehead atoms. The monoisotopic (exact) mass is 257 g/mol. The molecule has 94 valence electrons. The van der Waals surface area contributed by atoms with Crippen molar-refractivity contribution >= 4 is 21.6 Å². The zero-order valence-corrected chi connectivity index (χ0v) is 10.4. The van der Waals surface area contributed by atoms with E-state index in [1.54, 1.807) is 13.0 Å². The zero-order valence-electron chi connectivity index (χ0n) is 9.59. The van der Waals surface area contributed by atoms with Crippen molar-refractivity contribution in [2.75, 3.05) is 17.2 Å². The minimum absolute atomic E-state index is 0.0961. The quantitative estimate of drug-likeness (QED) is 0.818. The molecule has 1 atom stereocenters. The van der Waals surface area contributed by atoms with Crippen LogP contribution in [0.3, 0.4) is 0 Å². The van der Waals surface area contributed by atoms with Crippen molar-refractivity contribution in [3.05, 3.63) is 11.8 Å². The fourth-order valence-corrected chi connectivity index (χ4v) is 3.95. The van der Waals surface area contributed by atoms with Crippen molar-refractivity contribution in [2.45, 2.75) is 19.8 Å². The lowest BCUT2D eigenvalue weighted by Crippen LogP contribution is -2.19. The number of carbonyl (C=O) groups excluding carboxylic acids is 1. The molecule has 0 saturated carbocycles. The molecule has 0 spiro atoms. The third-order valence-corrected chi connectivity index (χ3v) is 4.72. The maximum atomic E-state index is 11.9. The van der Waals surface area contributed by atoms with Crippen molar-refractivity contribution < 1.29 is 13.2 Å². The molecular weight excluding hydrogens is 242 g/mol. The molecule has 0 amide bonds. The molecule has 2 N–H and O–H groups in total. The van der Waals surface area contributed by atoms with Gasteiger partial charge in [0.2, 0.25) is 5.91 Å². The summed E-state index contributed by atoms with van der Waals surface area (Å²) >= 11 is 0. The Labute approximate surface area is 99.7 Å². The van der Waals surface area contributed by atoms with Crippen molar-refractivity contribution in [1.82, 2.24) is 9.78 Å². The van der Waals surface area contributed by atoms with E-state index in [-0.39, 0.29) is 29.8 Å². The Hall–Kier alpha value is -1.37. The summed E-state index contributed by atoms with van der Waals surface area (Å²) in [6, 6.07) is 1.61. The highest BCUT2D eigenvalue weighted by molar-refractivity contribution is 7.91. The molecule has 1 aliphatic rings. The molecule has 7 heteroatoms. The minimum atomic E-state index is -2.94. The average Bonchev–Trinajstić information content (AvgIpc) is 2.69. The molecular formula is C10H15N3O3S. The number of sulfone groups is 1. The third kappa shape index (κ3) is 2.66. The van der Waals surface area contributed by atoms with Crippen molar-refractivity contribution in [3.8, 4) is 0 Å². The number of rotatable bonds is 2. The first-order chi connectivity index (χ1) is 7.87. The van der Waals surface area contributed by atoms with E-state index in [0.717, 1.165) is 4.68 Å². The van der Waals surface area contributed by atoms with Crippen LogP contribution in [-0.4, -0.2) is 35.6 Å². The molecule has 1 fully saturated rings. The average molecular weight is 257 g/mol. The van der Waals surface area contributed by atoms with Crippen LogP contribution in [0.2, 0.25) is 0 Å². The van der Waals surface area contributed by atoms with E-state index in [2.05, 4.69) is 5.10 Å². The van der Waals surface area contributed by atoms with Crippen molar-refractivity contribution in [2.24, 2.45) is 5.92 Å². The standard InChI is InChI=1S/C10H15N3O3S/c1-7-4-9(11)13(12-7)10(14)5-8-2-3-17(15,16)6-8/h4,8H,2-3,5-6,11H2,1H3. The van der Waals surface area contributed by atoms with Gasteiger partial charge in [0, 0.05) is 12.5 Å². The van der Waals surface area contributed by atoms with Crippen LogP contribution in [0.5, 0.6) is 0 Å². The summed E-state index contributed by atoms with van der Waals surface area (Å²) in [6.45, 7) is 1.75. The molecule has 6 nitrogen and oxygen atoms in total. The third-order valence-electron chi connectivity index (χ3n) is 2.89. The van der Waals surface area contributed by atoms with Crippen molar-refractivity contribution in [1.29, 1.82) is 0 Å². The topological polar surface area (TPSA) is 95.0 Å². The van der Waals surface area contributed by atoms with E-state index in [1.165, 1.54) is 0 Å². The molecule has 1 aliphatic heterocycles. The van der Waals surface area contributed by atoms with Gasteiger partial charge in [0.05, 0.1) is 17.2 Å². The smallest absolute Gasteiger partial charge is 0.249 e. The molecule has 17 heavy (non-hydrogen) atoms. The van der Waals surface area contributed by atoms with Gasteiger partial charge in [-0.05, 0) is 19.3 Å². The second kappa shape index (κ2) is 4.14. The first-order valence-electron chi connectivity index (χ1n) is 5.43. The fraction of sp³-hybridized carbons (Fsp3) is 0.600. The Kier molecular flexibility index (Phi) is 2.94. The van der Waals surface area contributed by atoms with Crippen LogP contribution < -0.4 is 5.73 Å². The molecule has 1 aromatic heterocycles. The highest BCUT2D eigenvalue weighted by Crippen LogP contribution is 2.22. The van der Waals surface area contributed by atoms with Gasteiger partial charge in [0.15, 0.2) is 9.84 Å². The molecule has 1 unspecified atom stereocenters.